The monoisotopic (exact) mass is 406 g/mol. The second-order valence-electron chi connectivity index (χ2n) is 5.69. The minimum absolute atomic E-state index is 0.106. The predicted octanol–water partition coefficient (Wildman–Crippen LogP) is 4.47. The Labute approximate surface area is 166 Å². The normalized spacial score (nSPS) is 14.2. The summed E-state index contributed by atoms with van der Waals surface area (Å²) in [5.41, 5.74) is 3.47. The predicted molar refractivity (Wildman–Crippen MR) is 111 cm³/mol. The fourth-order valence-electron chi connectivity index (χ4n) is 2.13. The first-order valence-corrected chi connectivity index (χ1v) is 10.8. The number of halogens is 1. The van der Waals surface area contributed by atoms with Crippen molar-refractivity contribution in [2.45, 2.75) is 17.4 Å². The lowest BCUT2D eigenvalue weighted by Crippen LogP contribution is -2.30. The van der Waals surface area contributed by atoms with E-state index in [-0.39, 0.29) is 5.91 Å². The molecular formula is C19H19ClN2O2S2. The van der Waals surface area contributed by atoms with Gasteiger partial charge in [-0.15, -0.1) is 11.8 Å². The number of thioether (sulfide) groups is 2. The Balaban J connectivity index is 1.35. The Kier molecular flexibility index (Phi) is 7.29. The van der Waals surface area contributed by atoms with Crippen LogP contribution in [-0.2, 0) is 4.79 Å². The van der Waals surface area contributed by atoms with Crippen molar-refractivity contribution in [3.63, 3.8) is 0 Å². The average molecular weight is 407 g/mol. The summed E-state index contributed by atoms with van der Waals surface area (Å²) in [4.78, 5) is 12.9. The Morgan fingerprint density at radius 2 is 1.96 bits per heavy atom. The molecule has 1 aliphatic rings. The maximum atomic E-state index is 11.8. The van der Waals surface area contributed by atoms with Gasteiger partial charge >= 0.3 is 0 Å². The Hall–Kier alpha value is -1.63. The van der Waals surface area contributed by atoms with Gasteiger partial charge in [-0.25, -0.2) is 5.43 Å². The highest BCUT2D eigenvalue weighted by Crippen LogP contribution is 2.24. The van der Waals surface area contributed by atoms with Gasteiger partial charge in [0.05, 0.1) is 6.21 Å². The molecule has 2 aromatic rings. The Bertz CT molecular complexity index is 747. The number of benzene rings is 2. The van der Waals surface area contributed by atoms with Crippen LogP contribution in [0.1, 0.15) is 12.0 Å². The number of carbonyl (C=O) groups is 1. The molecule has 1 saturated heterocycles. The molecule has 1 N–H and O–H groups in total. The first-order valence-electron chi connectivity index (χ1n) is 8.24. The number of hydrazone groups is 1. The van der Waals surface area contributed by atoms with E-state index >= 15 is 0 Å². The third-order valence-electron chi connectivity index (χ3n) is 3.60. The van der Waals surface area contributed by atoms with Crippen molar-refractivity contribution in [2.24, 2.45) is 5.10 Å². The van der Waals surface area contributed by atoms with Crippen LogP contribution in [0, 0.1) is 0 Å². The van der Waals surface area contributed by atoms with Crippen LogP contribution in [0.3, 0.4) is 0 Å². The summed E-state index contributed by atoms with van der Waals surface area (Å²) in [6.45, 7) is 0. The first kappa shape index (κ1) is 19.1. The van der Waals surface area contributed by atoms with Crippen molar-refractivity contribution < 1.29 is 9.53 Å². The lowest BCUT2D eigenvalue weighted by molar-refractivity contribution is -0.120. The highest BCUT2D eigenvalue weighted by Gasteiger charge is 2.19. The molecule has 1 heterocycles. The van der Waals surface area contributed by atoms with Crippen LogP contribution in [0.15, 0.2) is 58.5 Å². The van der Waals surface area contributed by atoms with Crippen molar-refractivity contribution in [1.29, 1.82) is 0 Å². The van der Waals surface area contributed by atoms with Crippen LogP contribution in [-0.4, -0.2) is 35.5 Å². The smallest absolute Gasteiger partial charge is 0.240 e. The highest BCUT2D eigenvalue weighted by molar-refractivity contribution is 8.00. The minimum atomic E-state index is -0.106. The molecular weight excluding hydrogens is 388 g/mol. The van der Waals surface area contributed by atoms with Gasteiger partial charge in [-0.1, -0.05) is 11.6 Å². The van der Waals surface area contributed by atoms with E-state index in [1.54, 1.807) is 18.0 Å². The van der Waals surface area contributed by atoms with Crippen molar-refractivity contribution in [2.75, 3.05) is 17.3 Å². The Morgan fingerprint density at radius 3 is 2.62 bits per heavy atom. The highest BCUT2D eigenvalue weighted by atomic mass is 35.5. The van der Waals surface area contributed by atoms with Crippen LogP contribution in [0.25, 0.3) is 0 Å². The summed E-state index contributed by atoms with van der Waals surface area (Å²) < 4.78 is 5.79. The van der Waals surface area contributed by atoms with E-state index < -0.39 is 0 Å². The summed E-state index contributed by atoms with van der Waals surface area (Å²) >= 11 is 9.35. The molecule has 1 aliphatic heterocycles. The largest absolute Gasteiger partial charge is 0.489 e. The summed E-state index contributed by atoms with van der Waals surface area (Å²) in [7, 11) is 0. The van der Waals surface area contributed by atoms with Gasteiger partial charge in [-0.2, -0.15) is 16.9 Å². The number of amides is 1. The van der Waals surface area contributed by atoms with E-state index in [9.17, 15) is 4.79 Å². The molecule has 0 bridgehead atoms. The van der Waals surface area contributed by atoms with Crippen LogP contribution in [0.5, 0.6) is 5.75 Å². The molecule has 7 heteroatoms. The zero-order chi connectivity index (χ0) is 18.2. The van der Waals surface area contributed by atoms with Gasteiger partial charge in [0.15, 0.2) is 0 Å². The van der Waals surface area contributed by atoms with E-state index in [1.165, 1.54) is 0 Å². The first-order chi connectivity index (χ1) is 12.7. The fourth-order valence-corrected chi connectivity index (χ4v) is 3.68. The number of hydrogen-bond acceptors (Lipinski definition) is 5. The van der Waals surface area contributed by atoms with Crippen molar-refractivity contribution in [3.8, 4) is 5.75 Å². The quantitative estimate of drug-likeness (QED) is 0.399. The fraction of sp³-hybridized carbons (Fsp3) is 0.263. The number of carbonyl (C=O) groups excluding carboxylic acids is 1. The third kappa shape index (κ3) is 6.27. The lowest BCUT2D eigenvalue weighted by atomic mass is 10.2. The van der Waals surface area contributed by atoms with Gasteiger partial charge in [-0.3, -0.25) is 4.79 Å². The van der Waals surface area contributed by atoms with Crippen LogP contribution in [0.2, 0.25) is 5.02 Å². The maximum absolute atomic E-state index is 11.8. The average Bonchev–Trinajstić information content (AvgIpc) is 2.61. The third-order valence-corrected chi connectivity index (χ3v) is 6.09. The summed E-state index contributed by atoms with van der Waals surface area (Å²) in [5.74, 6) is 3.58. The topological polar surface area (TPSA) is 50.7 Å². The van der Waals surface area contributed by atoms with Crippen molar-refractivity contribution >= 4 is 47.2 Å². The molecule has 0 unspecified atom stereocenters. The SMILES string of the molecule is O=C(CCSc1ccc(Cl)cc1)N/N=C\c1ccc(OC2CSC2)cc1. The molecule has 0 saturated carbocycles. The molecule has 2 aromatic carbocycles. The van der Waals surface area contributed by atoms with Gasteiger partial charge < -0.3 is 4.74 Å². The molecule has 0 atom stereocenters. The van der Waals surface area contributed by atoms with Crippen LogP contribution in [0.4, 0.5) is 0 Å². The lowest BCUT2D eigenvalue weighted by Gasteiger charge is -2.25. The summed E-state index contributed by atoms with van der Waals surface area (Å²) in [6.07, 6.45) is 2.37. The van der Waals surface area contributed by atoms with Gasteiger partial charge in [0.1, 0.15) is 11.9 Å². The molecule has 3 rings (SSSR count). The molecule has 0 radical (unpaired) electrons. The number of rotatable bonds is 8. The molecule has 1 amide bonds. The second-order valence-corrected chi connectivity index (χ2v) is 8.37. The number of nitrogens with zero attached hydrogens (tertiary/aromatic N) is 1. The van der Waals surface area contributed by atoms with Crippen LogP contribution < -0.4 is 10.2 Å². The zero-order valence-electron chi connectivity index (χ0n) is 14.1. The maximum Gasteiger partial charge on any atom is 0.240 e. The van der Waals surface area contributed by atoms with Crippen molar-refractivity contribution in [3.05, 3.63) is 59.1 Å². The molecule has 1 fully saturated rings. The molecule has 0 aliphatic carbocycles. The standard InChI is InChI=1S/C19H19ClN2O2S2/c20-15-3-7-18(8-4-15)26-10-9-19(23)22-21-11-14-1-5-16(6-2-14)24-17-12-25-13-17/h1-8,11,17H,9-10,12-13H2,(H,22,23)/b21-11-. The summed E-state index contributed by atoms with van der Waals surface area (Å²) in [5, 5.41) is 4.71. The molecule has 0 aromatic heterocycles. The zero-order valence-corrected chi connectivity index (χ0v) is 16.4. The van der Waals surface area contributed by atoms with E-state index in [2.05, 4.69) is 10.5 Å². The van der Waals surface area contributed by atoms with E-state index in [1.807, 2.05) is 60.3 Å². The van der Waals surface area contributed by atoms with Gasteiger partial charge in [0.2, 0.25) is 5.91 Å². The number of nitrogens with one attached hydrogen (secondary N) is 1. The number of ether oxygens (including phenoxy) is 1. The summed E-state index contributed by atoms with van der Waals surface area (Å²) in [6, 6.07) is 15.3. The van der Waals surface area contributed by atoms with Crippen molar-refractivity contribution in [1.82, 2.24) is 5.43 Å². The van der Waals surface area contributed by atoms with E-state index in [4.69, 9.17) is 16.3 Å². The van der Waals surface area contributed by atoms with E-state index in [0.29, 0.717) is 23.3 Å². The number of hydrogen-bond donors (Lipinski definition) is 1. The molecule has 0 spiro atoms. The second kappa shape index (κ2) is 9.90. The minimum Gasteiger partial charge on any atom is -0.489 e. The van der Waals surface area contributed by atoms with Gasteiger partial charge in [0, 0.05) is 33.6 Å². The van der Waals surface area contributed by atoms with Gasteiger partial charge in [-0.05, 0) is 54.1 Å². The molecule has 136 valence electrons. The van der Waals surface area contributed by atoms with Gasteiger partial charge in [0.25, 0.3) is 0 Å². The van der Waals surface area contributed by atoms with E-state index in [0.717, 1.165) is 27.7 Å². The molecule has 4 nitrogen and oxygen atoms in total. The van der Waals surface area contributed by atoms with Crippen LogP contribution >= 0.6 is 35.1 Å². The Morgan fingerprint density at radius 1 is 1.23 bits per heavy atom. The molecule has 26 heavy (non-hydrogen) atoms.